The SMILES string of the molecule is O=C(O)C1CSc2[nH]c(=O)n(-c3cccc(SCc4c(Cl)cccc4Cl)c3)c(=O)c21. The number of thioether (sulfide) groups is 2. The van der Waals surface area contributed by atoms with Gasteiger partial charge in [0.2, 0.25) is 0 Å². The second-order valence-electron chi connectivity index (χ2n) is 6.50. The van der Waals surface area contributed by atoms with Crippen LogP contribution in [0.25, 0.3) is 5.69 Å². The number of fused-ring (bicyclic) bond motifs is 1. The minimum Gasteiger partial charge on any atom is -0.481 e. The molecule has 1 aliphatic heterocycles. The number of hydrogen-bond donors (Lipinski definition) is 2. The predicted molar refractivity (Wildman–Crippen MR) is 120 cm³/mol. The molecule has 0 aliphatic carbocycles. The summed E-state index contributed by atoms with van der Waals surface area (Å²) in [7, 11) is 0. The Kier molecular flexibility index (Phi) is 6.02. The molecule has 4 rings (SSSR count). The number of hydrogen-bond acceptors (Lipinski definition) is 5. The number of H-pyrrole nitrogens is 1. The highest BCUT2D eigenvalue weighted by atomic mass is 35.5. The number of carbonyl (C=O) groups is 1. The van der Waals surface area contributed by atoms with Crippen molar-refractivity contribution >= 4 is 52.7 Å². The van der Waals surface area contributed by atoms with Crippen molar-refractivity contribution in [3.63, 3.8) is 0 Å². The Hall–Kier alpha value is -2.13. The zero-order chi connectivity index (χ0) is 21.4. The van der Waals surface area contributed by atoms with Gasteiger partial charge in [0.05, 0.1) is 22.2 Å². The van der Waals surface area contributed by atoms with Crippen LogP contribution in [-0.2, 0) is 10.5 Å². The van der Waals surface area contributed by atoms with E-state index in [0.29, 0.717) is 26.5 Å². The average molecular weight is 481 g/mol. The summed E-state index contributed by atoms with van der Waals surface area (Å²) in [5.41, 5.74) is 0.0643. The number of carboxylic acid groups (broad SMARTS) is 1. The summed E-state index contributed by atoms with van der Waals surface area (Å²) in [6.07, 6.45) is 0. The van der Waals surface area contributed by atoms with E-state index in [1.54, 1.807) is 36.4 Å². The van der Waals surface area contributed by atoms with Gasteiger partial charge in [0.1, 0.15) is 0 Å². The normalized spacial score (nSPS) is 15.2. The maximum atomic E-state index is 13.0. The molecule has 30 heavy (non-hydrogen) atoms. The van der Waals surface area contributed by atoms with Crippen LogP contribution in [0.1, 0.15) is 17.0 Å². The van der Waals surface area contributed by atoms with Crippen molar-refractivity contribution in [2.45, 2.75) is 21.6 Å². The first-order valence-corrected chi connectivity index (χ1v) is 11.5. The number of nitrogens with zero attached hydrogens (tertiary/aromatic N) is 1. The lowest BCUT2D eigenvalue weighted by Crippen LogP contribution is -2.37. The number of rotatable bonds is 5. The molecule has 0 bridgehead atoms. The van der Waals surface area contributed by atoms with Crippen LogP contribution in [0.2, 0.25) is 10.0 Å². The lowest BCUT2D eigenvalue weighted by atomic mass is 10.1. The molecular weight excluding hydrogens is 467 g/mol. The van der Waals surface area contributed by atoms with Gasteiger partial charge in [-0.2, -0.15) is 0 Å². The quantitative estimate of drug-likeness (QED) is 0.415. The number of carboxylic acids is 1. The molecule has 2 N–H and O–H groups in total. The smallest absolute Gasteiger partial charge is 0.333 e. The van der Waals surface area contributed by atoms with Crippen LogP contribution < -0.4 is 11.2 Å². The molecule has 0 radical (unpaired) electrons. The summed E-state index contributed by atoms with van der Waals surface area (Å²) < 4.78 is 0.979. The van der Waals surface area contributed by atoms with Gasteiger partial charge in [-0.05, 0) is 35.9 Å². The molecule has 0 saturated carbocycles. The summed E-state index contributed by atoms with van der Waals surface area (Å²) in [6, 6.07) is 12.2. The Bertz CT molecular complexity index is 1250. The standard InChI is InChI=1S/C20H14Cl2N2O4S2/c21-14-5-2-6-15(22)12(14)8-29-11-4-1-3-10(7-11)24-18(25)16-13(19(26)27)9-30-17(16)23-20(24)28/h1-7,13H,8-9H2,(H,23,28)(H,26,27). The van der Waals surface area contributed by atoms with Crippen LogP contribution in [0, 0.1) is 0 Å². The molecule has 2 heterocycles. The van der Waals surface area contributed by atoms with Crippen molar-refractivity contribution in [3.05, 3.63) is 84.5 Å². The number of benzene rings is 2. The molecule has 3 aromatic rings. The number of halogens is 2. The van der Waals surface area contributed by atoms with Gasteiger partial charge in [-0.15, -0.1) is 23.5 Å². The van der Waals surface area contributed by atoms with Crippen molar-refractivity contribution in [1.29, 1.82) is 0 Å². The van der Waals surface area contributed by atoms with Gasteiger partial charge in [0.15, 0.2) is 0 Å². The number of aromatic nitrogens is 2. The van der Waals surface area contributed by atoms with Crippen LogP contribution in [0.5, 0.6) is 0 Å². The van der Waals surface area contributed by atoms with E-state index in [-0.39, 0.29) is 11.3 Å². The lowest BCUT2D eigenvalue weighted by Gasteiger charge is -2.11. The number of aromatic amines is 1. The van der Waals surface area contributed by atoms with Crippen molar-refractivity contribution in [2.75, 3.05) is 5.75 Å². The molecule has 0 saturated heterocycles. The van der Waals surface area contributed by atoms with E-state index in [2.05, 4.69) is 4.98 Å². The first kappa shape index (κ1) is 21.1. The van der Waals surface area contributed by atoms with Gasteiger partial charge in [0.25, 0.3) is 5.56 Å². The van der Waals surface area contributed by atoms with E-state index >= 15 is 0 Å². The highest BCUT2D eigenvalue weighted by Crippen LogP contribution is 2.36. The summed E-state index contributed by atoms with van der Waals surface area (Å²) >= 11 is 15.1. The first-order valence-electron chi connectivity index (χ1n) is 8.77. The molecule has 1 aromatic heterocycles. The van der Waals surface area contributed by atoms with Crippen LogP contribution >= 0.6 is 46.7 Å². The van der Waals surface area contributed by atoms with Crippen molar-refractivity contribution in [1.82, 2.24) is 9.55 Å². The van der Waals surface area contributed by atoms with Crippen molar-refractivity contribution in [3.8, 4) is 5.69 Å². The van der Waals surface area contributed by atoms with E-state index in [1.807, 2.05) is 6.07 Å². The van der Waals surface area contributed by atoms with Gasteiger partial charge in [-0.1, -0.05) is 35.3 Å². The predicted octanol–water partition coefficient (Wildman–Crippen LogP) is 4.40. The molecule has 0 fully saturated rings. The second-order valence-corrected chi connectivity index (χ2v) is 9.39. The highest BCUT2D eigenvalue weighted by Gasteiger charge is 2.34. The molecule has 0 amide bonds. The molecular formula is C20H14Cl2N2O4S2. The van der Waals surface area contributed by atoms with E-state index in [1.165, 1.54) is 23.5 Å². The third-order valence-electron chi connectivity index (χ3n) is 4.66. The Labute approximate surface area is 189 Å². The van der Waals surface area contributed by atoms with E-state index in [9.17, 15) is 19.5 Å². The summed E-state index contributed by atoms with van der Waals surface area (Å²) in [5, 5.41) is 10.9. The van der Waals surface area contributed by atoms with Gasteiger partial charge in [-0.25, -0.2) is 9.36 Å². The van der Waals surface area contributed by atoms with E-state index < -0.39 is 23.1 Å². The molecule has 0 spiro atoms. The van der Waals surface area contributed by atoms with Gasteiger partial charge in [0, 0.05) is 26.4 Å². The van der Waals surface area contributed by atoms with Crippen molar-refractivity contribution < 1.29 is 9.90 Å². The monoisotopic (exact) mass is 480 g/mol. The second kappa shape index (κ2) is 8.55. The Morgan fingerprint density at radius 2 is 1.90 bits per heavy atom. The summed E-state index contributed by atoms with van der Waals surface area (Å²) in [5.74, 6) is -1.30. The number of nitrogens with one attached hydrogen (secondary N) is 1. The third-order valence-corrected chi connectivity index (χ3v) is 7.50. The Morgan fingerprint density at radius 1 is 1.20 bits per heavy atom. The minimum absolute atomic E-state index is 0.119. The van der Waals surface area contributed by atoms with Gasteiger partial charge >= 0.3 is 11.7 Å². The van der Waals surface area contributed by atoms with Gasteiger partial charge < -0.3 is 10.1 Å². The topological polar surface area (TPSA) is 92.2 Å². The zero-order valence-electron chi connectivity index (χ0n) is 15.2. The molecule has 1 atom stereocenters. The van der Waals surface area contributed by atoms with Crippen LogP contribution in [0.3, 0.4) is 0 Å². The maximum absolute atomic E-state index is 13.0. The fourth-order valence-corrected chi connectivity index (χ4v) is 6.05. The van der Waals surface area contributed by atoms with Gasteiger partial charge in [-0.3, -0.25) is 9.59 Å². The molecule has 10 heteroatoms. The summed E-state index contributed by atoms with van der Waals surface area (Å²) in [4.78, 5) is 40.5. The largest absolute Gasteiger partial charge is 0.481 e. The summed E-state index contributed by atoms with van der Waals surface area (Å²) in [6.45, 7) is 0. The average Bonchev–Trinajstić information content (AvgIpc) is 3.12. The molecule has 2 aromatic carbocycles. The highest BCUT2D eigenvalue weighted by molar-refractivity contribution is 7.99. The first-order chi connectivity index (χ1) is 14.4. The molecule has 6 nitrogen and oxygen atoms in total. The van der Waals surface area contributed by atoms with Crippen LogP contribution in [0.15, 0.2) is 62.0 Å². The lowest BCUT2D eigenvalue weighted by molar-refractivity contribution is -0.138. The Morgan fingerprint density at radius 3 is 2.60 bits per heavy atom. The molecule has 154 valence electrons. The van der Waals surface area contributed by atoms with E-state index in [4.69, 9.17) is 23.2 Å². The van der Waals surface area contributed by atoms with Crippen LogP contribution in [-0.4, -0.2) is 26.4 Å². The Balaban J connectivity index is 1.70. The number of aliphatic carboxylic acids is 1. The zero-order valence-corrected chi connectivity index (χ0v) is 18.4. The molecule has 1 aliphatic rings. The fraction of sp³-hybridized carbons (Fsp3) is 0.150. The minimum atomic E-state index is -1.09. The third kappa shape index (κ3) is 3.92. The van der Waals surface area contributed by atoms with E-state index in [0.717, 1.165) is 15.0 Å². The molecule has 1 unspecified atom stereocenters. The van der Waals surface area contributed by atoms with Crippen molar-refractivity contribution in [2.24, 2.45) is 0 Å². The van der Waals surface area contributed by atoms with Crippen LogP contribution in [0.4, 0.5) is 0 Å². The fourth-order valence-electron chi connectivity index (χ4n) is 3.17. The maximum Gasteiger partial charge on any atom is 0.333 e.